The number of hydrogen-bond donors (Lipinski definition) is 1. The van der Waals surface area contributed by atoms with Gasteiger partial charge in [-0.1, -0.05) is 96.8 Å². The zero-order chi connectivity index (χ0) is 19.7. The fraction of sp³-hybridized carbons (Fsp3) is 1.00. The van der Waals surface area contributed by atoms with Gasteiger partial charge in [-0.2, -0.15) is 0 Å². The molecule has 0 bridgehead atoms. The summed E-state index contributed by atoms with van der Waals surface area (Å²) in [6, 6.07) is 0. The van der Waals surface area contributed by atoms with Gasteiger partial charge in [-0.25, -0.2) is 8.42 Å². The normalized spacial score (nSPS) is 13.9. The number of aliphatic hydroxyl groups excluding tert-OH is 1. The minimum Gasteiger partial charge on any atom is -0.748 e. The monoisotopic (exact) mass is 430 g/mol. The van der Waals surface area contributed by atoms with Gasteiger partial charge in [-0.15, -0.1) is 0 Å². The Morgan fingerprint density at radius 3 is 1.37 bits per heavy atom. The van der Waals surface area contributed by atoms with E-state index in [1.165, 1.54) is 44.9 Å². The van der Waals surface area contributed by atoms with Crippen LogP contribution in [0.3, 0.4) is 0 Å². The third-order valence-corrected chi connectivity index (χ3v) is 6.47. The summed E-state index contributed by atoms with van der Waals surface area (Å²) in [5.74, 6) is 0. The molecule has 0 amide bonds. The maximum atomic E-state index is 11.4. The predicted octanol–water partition coefficient (Wildman–Crippen LogP) is 2.94. The Balaban J connectivity index is 0. The molecule has 0 rings (SSSR count). The molecule has 0 aliphatic heterocycles. The molecule has 2 unspecified atom stereocenters. The molecule has 158 valence electrons. The molecule has 0 aromatic rings. The van der Waals surface area contributed by atoms with Crippen molar-refractivity contribution in [3.05, 3.63) is 0 Å². The van der Waals surface area contributed by atoms with Gasteiger partial charge in [0.25, 0.3) is 0 Å². The third-order valence-electron chi connectivity index (χ3n) is 5.19. The molecule has 6 heteroatoms. The Bertz CT molecular complexity index is 399. The van der Waals surface area contributed by atoms with E-state index in [-0.39, 0.29) is 57.5 Å². The van der Waals surface area contributed by atoms with E-state index in [1.54, 1.807) is 0 Å². The van der Waals surface area contributed by atoms with Crippen molar-refractivity contribution in [3.8, 4) is 0 Å². The van der Waals surface area contributed by atoms with Gasteiger partial charge in [0, 0.05) is 5.25 Å². The molecule has 0 saturated heterocycles. The molecule has 0 aromatic heterocycles. The van der Waals surface area contributed by atoms with E-state index in [2.05, 4.69) is 6.92 Å². The standard InChI is InChI=1S/C21H44O4S.K/c1-3-4-5-6-12-15-18-21(26(23,24)25)19-16-13-10-8-7-9-11-14-17-20(2)22;/h20-22H,3-19H2,1-2H3,(H,23,24,25);/q;+1/p-1. The molecule has 4 nitrogen and oxygen atoms in total. The van der Waals surface area contributed by atoms with Gasteiger partial charge in [-0.05, 0) is 26.2 Å². The SMILES string of the molecule is CCCCCCCCC(CCCCCCCCCCC(C)O)S(=O)(=O)[O-].[K+]. The predicted molar refractivity (Wildman–Crippen MR) is 109 cm³/mol. The van der Waals surface area contributed by atoms with E-state index in [9.17, 15) is 18.1 Å². The quantitative estimate of drug-likeness (QED) is 0.194. The summed E-state index contributed by atoms with van der Waals surface area (Å²) in [6.07, 6.45) is 17.4. The van der Waals surface area contributed by atoms with E-state index >= 15 is 0 Å². The topological polar surface area (TPSA) is 77.4 Å². The third kappa shape index (κ3) is 22.0. The second-order valence-corrected chi connectivity index (χ2v) is 9.58. The summed E-state index contributed by atoms with van der Waals surface area (Å²) in [4.78, 5) is 0. The van der Waals surface area contributed by atoms with E-state index in [0.717, 1.165) is 51.4 Å². The number of aliphatic hydroxyl groups is 1. The van der Waals surface area contributed by atoms with Crippen LogP contribution < -0.4 is 51.4 Å². The summed E-state index contributed by atoms with van der Waals surface area (Å²) >= 11 is 0. The Morgan fingerprint density at radius 2 is 1.04 bits per heavy atom. The minimum atomic E-state index is -4.15. The van der Waals surface area contributed by atoms with Crippen molar-refractivity contribution in [1.82, 2.24) is 0 Å². The van der Waals surface area contributed by atoms with Crippen LogP contribution in [0.25, 0.3) is 0 Å². The first-order valence-corrected chi connectivity index (χ1v) is 12.5. The molecule has 0 spiro atoms. The molecular weight excluding hydrogens is 387 g/mol. The van der Waals surface area contributed by atoms with Crippen LogP contribution in [-0.2, 0) is 10.1 Å². The van der Waals surface area contributed by atoms with Crippen LogP contribution in [0.5, 0.6) is 0 Å². The van der Waals surface area contributed by atoms with Crippen LogP contribution in [0.15, 0.2) is 0 Å². The van der Waals surface area contributed by atoms with Crippen LogP contribution >= 0.6 is 0 Å². The minimum absolute atomic E-state index is 0. The van der Waals surface area contributed by atoms with Gasteiger partial charge in [0.2, 0.25) is 0 Å². The number of rotatable bonds is 19. The molecule has 0 aliphatic carbocycles. The molecule has 27 heavy (non-hydrogen) atoms. The maximum Gasteiger partial charge on any atom is 1.00 e. The van der Waals surface area contributed by atoms with Gasteiger partial charge in [-0.3, -0.25) is 0 Å². The Hall–Kier alpha value is 1.51. The van der Waals surface area contributed by atoms with Crippen molar-refractivity contribution in [2.24, 2.45) is 0 Å². The summed E-state index contributed by atoms with van der Waals surface area (Å²) < 4.78 is 34.3. The first kappa shape index (κ1) is 30.7. The Labute approximate surface area is 211 Å². The van der Waals surface area contributed by atoms with E-state index in [0.29, 0.717) is 12.8 Å². The van der Waals surface area contributed by atoms with Crippen LogP contribution in [0.1, 0.15) is 123 Å². The van der Waals surface area contributed by atoms with Crippen LogP contribution in [0.2, 0.25) is 0 Å². The second kappa shape index (κ2) is 20.8. The summed E-state index contributed by atoms with van der Waals surface area (Å²) in [6.45, 7) is 4.01. The fourth-order valence-electron chi connectivity index (χ4n) is 3.46. The molecule has 0 radical (unpaired) electrons. The second-order valence-electron chi connectivity index (χ2n) is 7.93. The van der Waals surface area contributed by atoms with Gasteiger partial charge in [0.15, 0.2) is 0 Å². The summed E-state index contributed by atoms with van der Waals surface area (Å²) in [5.41, 5.74) is 0. The Kier molecular flexibility index (Phi) is 23.6. The van der Waals surface area contributed by atoms with Gasteiger partial charge in [0.05, 0.1) is 16.2 Å². The summed E-state index contributed by atoms with van der Waals surface area (Å²) in [5, 5.41) is 8.52. The largest absolute Gasteiger partial charge is 1.00 e. The van der Waals surface area contributed by atoms with Crippen LogP contribution in [0, 0.1) is 0 Å². The molecule has 2 atom stereocenters. The molecule has 0 heterocycles. The first-order valence-electron chi connectivity index (χ1n) is 11.0. The molecule has 0 saturated carbocycles. The van der Waals surface area contributed by atoms with Crippen molar-refractivity contribution in [3.63, 3.8) is 0 Å². The smallest absolute Gasteiger partial charge is 0.748 e. The molecular formula is C21H43KO4S. The van der Waals surface area contributed by atoms with Gasteiger partial charge in [0.1, 0.15) is 0 Å². The van der Waals surface area contributed by atoms with Crippen molar-refractivity contribution in [2.45, 2.75) is 134 Å². The van der Waals surface area contributed by atoms with Crippen molar-refractivity contribution < 1.29 is 69.5 Å². The number of hydrogen-bond acceptors (Lipinski definition) is 4. The average molecular weight is 431 g/mol. The van der Waals surface area contributed by atoms with Crippen molar-refractivity contribution >= 4 is 10.1 Å². The zero-order valence-electron chi connectivity index (χ0n) is 18.3. The van der Waals surface area contributed by atoms with Crippen molar-refractivity contribution in [1.29, 1.82) is 0 Å². The van der Waals surface area contributed by atoms with Crippen molar-refractivity contribution in [2.75, 3.05) is 0 Å². The van der Waals surface area contributed by atoms with Gasteiger partial charge < -0.3 is 9.66 Å². The average Bonchev–Trinajstić information content (AvgIpc) is 2.56. The molecule has 0 aliphatic rings. The van der Waals surface area contributed by atoms with E-state index < -0.39 is 15.4 Å². The Morgan fingerprint density at radius 1 is 0.704 bits per heavy atom. The number of unbranched alkanes of at least 4 members (excludes halogenated alkanes) is 12. The summed E-state index contributed by atoms with van der Waals surface area (Å²) in [7, 11) is -4.15. The van der Waals surface area contributed by atoms with E-state index in [1.807, 2.05) is 6.92 Å². The first-order chi connectivity index (χ1) is 12.4. The fourth-order valence-corrected chi connectivity index (χ4v) is 4.37. The zero-order valence-corrected chi connectivity index (χ0v) is 22.2. The van der Waals surface area contributed by atoms with Crippen LogP contribution in [0.4, 0.5) is 0 Å². The molecule has 0 aromatic carbocycles. The van der Waals surface area contributed by atoms with Crippen LogP contribution in [-0.4, -0.2) is 29.4 Å². The van der Waals surface area contributed by atoms with Gasteiger partial charge >= 0.3 is 51.4 Å². The van der Waals surface area contributed by atoms with E-state index in [4.69, 9.17) is 0 Å². The molecule has 0 fully saturated rings. The maximum absolute atomic E-state index is 11.4. The molecule has 1 N–H and O–H groups in total.